The van der Waals surface area contributed by atoms with Crippen LogP contribution in [0.5, 0.6) is 0 Å². The van der Waals surface area contributed by atoms with Gasteiger partial charge in [-0.2, -0.15) is 0 Å². The quantitative estimate of drug-likeness (QED) is 0.488. The summed E-state index contributed by atoms with van der Waals surface area (Å²) in [6.07, 6.45) is 3.54. The highest BCUT2D eigenvalue weighted by Gasteiger charge is 2.47. The van der Waals surface area contributed by atoms with Crippen molar-refractivity contribution in [3.05, 3.63) is 17.7 Å². The van der Waals surface area contributed by atoms with Crippen LogP contribution >= 0.6 is 0 Å². The molecule has 28 heavy (non-hydrogen) atoms. The number of H-pyrrole nitrogens is 1. The molecule has 158 valence electrons. The minimum Gasteiger partial charge on any atom is -0.392 e. The van der Waals surface area contributed by atoms with E-state index in [2.05, 4.69) is 34.4 Å². The summed E-state index contributed by atoms with van der Waals surface area (Å²) in [6, 6.07) is 0.355. The fourth-order valence-electron chi connectivity index (χ4n) is 4.27. The molecule has 2 heterocycles. The molecule has 0 aromatic carbocycles. The van der Waals surface area contributed by atoms with E-state index in [1.807, 2.05) is 6.20 Å². The first-order valence-electron chi connectivity index (χ1n) is 10.3. The minimum absolute atomic E-state index is 0.0109. The maximum absolute atomic E-state index is 12.7. The molecule has 0 unspecified atom stereocenters. The highest BCUT2D eigenvalue weighted by molar-refractivity contribution is 5.80. The van der Waals surface area contributed by atoms with E-state index < -0.39 is 12.0 Å². The number of amides is 1. The van der Waals surface area contributed by atoms with Gasteiger partial charge in [0.15, 0.2) is 0 Å². The lowest BCUT2D eigenvalue weighted by molar-refractivity contribution is -0.127. The van der Waals surface area contributed by atoms with Crippen LogP contribution in [0.4, 0.5) is 0 Å². The first-order chi connectivity index (χ1) is 13.5. The Bertz CT molecular complexity index is 629. The predicted molar refractivity (Wildman–Crippen MR) is 105 cm³/mol. The van der Waals surface area contributed by atoms with Gasteiger partial charge in [-0.15, -0.1) is 0 Å². The first-order valence-corrected chi connectivity index (χ1v) is 10.3. The van der Waals surface area contributed by atoms with Crippen molar-refractivity contribution in [3.63, 3.8) is 0 Å². The molecule has 2 fully saturated rings. The Kier molecular flexibility index (Phi) is 7.45. The van der Waals surface area contributed by atoms with E-state index in [0.717, 1.165) is 37.6 Å². The number of rotatable bonds is 8. The standard InChI is InChI=1S/C20H34N4O4/c1-12(2)19-22-11-16(24-19)17-15(23-13-4-7-28-8-5-13)10-14(18(17)25)20(26)21-6-9-27-3/h11-15,17-18,23,25H,4-10H2,1-3H3,(H,21,26)(H,22,24)/t14-,15+,17+,18+/m0/s1. The number of carbonyl (C=O) groups is 1. The third kappa shape index (κ3) is 4.92. The van der Waals surface area contributed by atoms with Crippen LogP contribution in [-0.4, -0.2) is 72.6 Å². The molecular weight excluding hydrogens is 360 g/mol. The van der Waals surface area contributed by atoms with Crippen molar-refractivity contribution in [3.8, 4) is 0 Å². The van der Waals surface area contributed by atoms with Crippen LogP contribution in [0.1, 0.15) is 56.5 Å². The Morgan fingerprint density at radius 2 is 2.18 bits per heavy atom. The van der Waals surface area contributed by atoms with E-state index in [9.17, 15) is 9.90 Å². The smallest absolute Gasteiger partial charge is 0.225 e. The van der Waals surface area contributed by atoms with Gasteiger partial charge in [0, 0.05) is 62.7 Å². The zero-order chi connectivity index (χ0) is 20.1. The Balaban J connectivity index is 1.75. The minimum atomic E-state index is -0.764. The third-order valence-corrected chi connectivity index (χ3v) is 5.86. The molecule has 2 aliphatic rings. The lowest BCUT2D eigenvalue weighted by Crippen LogP contribution is -2.43. The molecular formula is C20H34N4O4. The van der Waals surface area contributed by atoms with Gasteiger partial charge in [0.1, 0.15) is 5.82 Å². The number of nitrogens with one attached hydrogen (secondary N) is 3. The van der Waals surface area contributed by atoms with Crippen molar-refractivity contribution < 1.29 is 19.4 Å². The number of hydrogen-bond acceptors (Lipinski definition) is 6. The fourth-order valence-corrected chi connectivity index (χ4v) is 4.27. The van der Waals surface area contributed by atoms with Gasteiger partial charge in [-0.3, -0.25) is 4.79 Å². The van der Waals surface area contributed by atoms with Gasteiger partial charge < -0.3 is 30.2 Å². The van der Waals surface area contributed by atoms with Gasteiger partial charge in [0.05, 0.1) is 18.6 Å². The predicted octanol–water partition coefficient (Wildman–Crippen LogP) is 0.897. The van der Waals surface area contributed by atoms with Crippen LogP contribution in [0.3, 0.4) is 0 Å². The summed E-state index contributed by atoms with van der Waals surface area (Å²) in [6.45, 7) is 6.57. The Hall–Kier alpha value is -1.48. The molecule has 1 aliphatic carbocycles. The number of nitrogens with zero attached hydrogens (tertiary/aromatic N) is 1. The van der Waals surface area contributed by atoms with Crippen molar-refractivity contribution in [1.29, 1.82) is 0 Å². The first kappa shape index (κ1) is 21.2. The van der Waals surface area contributed by atoms with E-state index in [1.54, 1.807) is 7.11 Å². The second kappa shape index (κ2) is 9.82. The molecule has 0 radical (unpaired) electrons. The number of methoxy groups -OCH3 is 1. The summed E-state index contributed by atoms with van der Waals surface area (Å²) in [4.78, 5) is 20.5. The fraction of sp³-hybridized carbons (Fsp3) is 0.800. The highest BCUT2D eigenvalue weighted by atomic mass is 16.5. The summed E-state index contributed by atoms with van der Waals surface area (Å²) in [5, 5.41) is 17.6. The SMILES string of the molecule is COCCNC(=O)[C@H]1C[C@@H](NC2CCOCC2)[C@H](c2cnc(C(C)C)[nH]2)[C@@H]1O. The maximum Gasteiger partial charge on any atom is 0.225 e. The summed E-state index contributed by atoms with van der Waals surface area (Å²) >= 11 is 0. The van der Waals surface area contributed by atoms with Crippen molar-refractivity contribution in [2.45, 2.75) is 63.1 Å². The third-order valence-electron chi connectivity index (χ3n) is 5.86. The molecule has 8 nitrogen and oxygen atoms in total. The summed E-state index contributed by atoms with van der Waals surface area (Å²) in [5.74, 6) is 0.419. The van der Waals surface area contributed by atoms with Crippen LogP contribution in [0, 0.1) is 5.92 Å². The van der Waals surface area contributed by atoms with Gasteiger partial charge >= 0.3 is 0 Å². The maximum atomic E-state index is 12.7. The Labute approximate surface area is 166 Å². The molecule has 8 heteroatoms. The molecule has 4 atom stereocenters. The number of imidazole rings is 1. The van der Waals surface area contributed by atoms with Gasteiger partial charge in [-0.1, -0.05) is 13.8 Å². The largest absolute Gasteiger partial charge is 0.392 e. The van der Waals surface area contributed by atoms with E-state index >= 15 is 0 Å². The van der Waals surface area contributed by atoms with Crippen molar-refractivity contribution >= 4 is 5.91 Å². The topological polar surface area (TPSA) is 109 Å². The van der Waals surface area contributed by atoms with E-state index in [-0.39, 0.29) is 23.8 Å². The number of aromatic amines is 1. The molecule has 1 aromatic heterocycles. The van der Waals surface area contributed by atoms with Crippen LogP contribution < -0.4 is 10.6 Å². The zero-order valence-electron chi connectivity index (χ0n) is 17.1. The summed E-state index contributed by atoms with van der Waals surface area (Å²) < 4.78 is 10.5. The summed E-state index contributed by atoms with van der Waals surface area (Å²) in [7, 11) is 1.60. The normalized spacial score (nSPS) is 28.8. The second-order valence-corrected chi connectivity index (χ2v) is 8.18. The van der Waals surface area contributed by atoms with Gasteiger partial charge in [-0.05, 0) is 19.3 Å². The molecule has 0 bridgehead atoms. The number of ether oxygens (including phenoxy) is 2. The number of aliphatic hydroxyl groups excluding tert-OH is 1. The molecule has 1 saturated carbocycles. The van der Waals surface area contributed by atoms with E-state index in [0.29, 0.717) is 25.6 Å². The monoisotopic (exact) mass is 394 g/mol. The van der Waals surface area contributed by atoms with E-state index in [1.165, 1.54) is 0 Å². The lowest BCUT2D eigenvalue weighted by atomic mass is 9.95. The number of aliphatic hydroxyl groups is 1. The highest BCUT2D eigenvalue weighted by Crippen LogP contribution is 2.39. The van der Waals surface area contributed by atoms with E-state index in [4.69, 9.17) is 9.47 Å². The number of hydrogen-bond donors (Lipinski definition) is 4. The van der Waals surface area contributed by atoms with Crippen LogP contribution in [0.15, 0.2) is 6.20 Å². The van der Waals surface area contributed by atoms with Crippen LogP contribution in [0.2, 0.25) is 0 Å². The molecule has 1 saturated heterocycles. The zero-order valence-corrected chi connectivity index (χ0v) is 17.1. The number of aromatic nitrogens is 2. The lowest BCUT2D eigenvalue weighted by Gasteiger charge is -2.30. The average molecular weight is 395 g/mol. The Morgan fingerprint density at radius 3 is 2.82 bits per heavy atom. The average Bonchev–Trinajstić information content (AvgIpc) is 3.27. The number of carbonyl (C=O) groups excluding carboxylic acids is 1. The molecule has 0 spiro atoms. The van der Waals surface area contributed by atoms with Crippen molar-refractivity contribution in [2.75, 3.05) is 33.5 Å². The Morgan fingerprint density at radius 1 is 1.43 bits per heavy atom. The van der Waals surface area contributed by atoms with Crippen LogP contribution in [0.25, 0.3) is 0 Å². The van der Waals surface area contributed by atoms with Crippen LogP contribution in [-0.2, 0) is 14.3 Å². The molecule has 1 aliphatic heterocycles. The summed E-state index contributed by atoms with van der Waals surface area (Å²) in [5.41, 5.74) is 0.896. The van der Waals surface area contributed by atoms with Gasteiger partial charge in [0.2, 0.25) is 5.91 Å². The van der Waals surface area contributed by atoms with Crippen molar-refractivity contribution in [2.24, 2.45) is 5.92 Å². The molecule has 4 N–H and O–H groups in total. The van der Waals surface area contributed by atoms with Gasteiger partial charge in [-0.25, -0.2) is 4.98 Å². The molecule has 1 aromatic rings. The second-order valence-electron chi connectivity index (χ2n) is 8.18. The molecule has 1 amide bonds. The molecule has 3 rings (SSSR count). The van der Waals surface area contributed by atoms with Crippen molar-refractivity contribution in [1.82, 2.24) is 20.6 Å². The van der Waals surface area contributed by atoms with Gasteiger partial charge in [0.25, 0.3) is 0 Å².